The number of carbonyl (C=O) groups excluding carboxylic acids is 4. The molecule has 0 bridgehead atoms. The van der Waals surface area contributed by atoms with E-state index in [0.29, 0.717) is 12.0 Å². The van der Waals surface area contributed by atoms with Crippen LogP contribution < -0.4 is 16.0 Å². The zero-order valence-corrected chi connectivity index (χ0v) is 20.6. The molecule has 0 fully saturated rings. The molecule has 7 heteroatoms. The molecule has 182 valence electrons. The zero-order valence-electron chi connectivity index (χ0n) is 20.6. The molecule has 0 aliphatic carbocycles. The number of nitrogens with one attached hydrogen (secondary N) is 3. The summed E-state index contributed by atoms with van der Waals surface area (Å²) < 4.78 is 0. The van der Waals surface area contributed by atoms with Gasteiger partial charge >= 0.3 is 0 Å². The van der Waals surface area contributed by atoms with Crippen molar-refractivity contribution in [1.29, 1.82) is 0 Å². The van der Waals surface area contributed by atoms with Crippen molar-refractivity contribution in [2.24, 2.45) is 5.92 Å². The van der Waals surface area contributed by atoms with Crippen molar-refractivity contribution >= 4 is 23.5 Å². The third-order valence-electron chi connectivity index (χ3n) is 4.99. The van der Waals surface area contributed by atoms with Crippen molar-refractivity contribution in [3.8, 4) is 0 Å². The molecule has 0 saturated heterocycles. The summed E-state index contributed by atoms with van der Waals surface area (Å²) in [4.78, 5) is 51.6. The Morgan fingerprint density at radius 3 is 1.88 bits per heavy atom. The Hall–Kier alpha value is -3.48. The van der Waals surface area contributed by atoms with E-state index in [1.165, 1.54) is 0 Å². The number of amides is 3. The highest BCUT2D eigenvalue weighted by Crippen LogP contribution is 2.10. The Kier molecular flexibility index (Phi) is 9.54. The Balaban J connectivity index is 2.24. The molecule has 7 nitrogen and oxygen atoms in total. The van der Waals surface area contributed by atoms with Crippen LogP contribution in [0.2, 0.25) is 0 Å². The molecular weight excluding hydrogens is 430 g/mol. The molecule has 0 radical (unpaired) electrons. The van der Waals surface area contributed by atoms with Crippen LogP contribution in [0.4, 0.5) is 0 Å². The van der Waals surface area contributed by atoms with Gasteiger partial charge in [-0.3, -0.25) is 19.2 Å². The van der Waals surface area contributed by atoms with Gasteiger partial charge in [-0.05, 0) is 50.8 Å². The molecule has 0 aromatic heterocycles. The van der Waals surface area contributed by atoms with Crippen molar-refractivity contribution < 1.29 is 19.2 Å². The highest BCUT2D eigenvalue weighted by molar-refractivity contribution is 6.38. The molecule has 3 amide bonds. The summed E-state index contributed by atoms with van der Waals surface area (Å²) in [5.74, 6) is -2.26. The van der Waals surface area contributed by atoms with Crippen molar-refractivity contribution in [2.45, 2.75) is 65.1 Å². The summed E-state index contributed by atoms with van der Waals surface area (Å²) >= 11 is 0. The predicted octanol–water partition coefficient (Wildman–Crippen LogP) is 3.04. The van der Waals surface area contributed by atoms with Gasteiger partial charge in [0.15, 0.2) is 0 Å². The second-order valence-electron chi connectivity index (χ2n) is 9.84. The molecular formula is C27H35N3O4. The Labute approximate surface area is 201 Å². The number of hydrogen-bond acceptors (Lipinski definition) is 4. The molecule has 2 aromatic carbocycles. The minimum Gasteiger partial charge on any atom is -0.345 e. The SMILES string of the molecule is CC(C)C[C@H](NC(=O)c1ccccc1)C(=O)NC(Cc1ccccc1)C(=O)C(=O)NC(C)(C)C. The molecule has 3 N–H and O–H groups in total. The molecule has 2 aromatic rings. The van der Waals surface area contributed by atoms with Gasteiger partial charge < -0.3 is 16.0 Å². The lowest BCUT2D eigenvalue weighted by molar-refractivity contribution is -0.141. The lowest BCUT2D eigenvalue weighted by Crippen LogP contribution is -2.56. The van der Waals surface area contributed by atoms with Gasteiger partial charge in [-0.2, -0.15) is 0 Å². The summed E-state index contributed by atoms with van der Waals surface area (Å²) in [6.07, 6.45) is 0.537. The third kappa shape index (κ3) is 8.81. The third-order valence-corrected chi connectivity index (χ3v) is 4.99. The molecule has 2 rings (SSSR count). The van der Waals surface area contributed by atoms with Gasteiger partial charge in [0.25, 0.3) is 11.8 Å². The number of rotatable bonds is 10. The average molecular weight is 466 g/mol. The van der Waals surface area contributed by atoms with Gasteiger partial charge in [0.05, 0.1) is 0 Å². The number of hydrogen-bond donors (Lipinski definition) is 3. The fourth-order valence-electron chi connectivity index (χ4n) is 3.43. The maximum atomic E-state index is 13.2. The highest BCUT2D eigenvalue weighted by Gasteiger charge is 2.32. The number of ketones is 1. The van der Waals surface area contributed by atoms with Crippen LogP contribution in [0.25, 0.3) is 0 Å². The quantitative estimate of drug-likeness (QED) is 0.469. The van der Waals surface area contributed by atoms with E-state index in [1.807, 2.05) is 44.2 Å². The number of Topliss-reactive ketones (excluding diaryl/α,β-unsaturated/α-hetero) is 1. The molecule has 0 saturated carbocycles. The van der Waals surface area contributed by atoms with Crippen molar-refractivity contribution in [1.82, 2.24) is 16.0 Å². The van der Waals surface area contributed by atoms with Crippen LogP contribution in [0, 0.1) is 5.92 Å². The minimum atomic E-state index is -1.07. The van der Waals surface area contributed by atoms with Gasteiger partial charge in [0.2, 0.25) is 11.7 Å². The monoisotopic (exact) mass is 465 g/mol. The molecule has 0 aliphatic heterocycles. The first kappa shape index (κ1) is 26.8. The second kappa shape index (κ2) is 12.1. The fraction of sp³-hybridized carbons (Fsp3) is 0.407. The standard InChI is InChI=1S/C27H35N3O4/c1-18(2)16-22(29-24(32)20-14-10-7-11-15-20)25(33)28-21(17-19-12-8-6-9-13-19)23(31)26(34)30-27(3,4)5/h6-15,18,21-22H,16-17H2,1-5H3,(H,28,33)(H,29,32)(H,30,34)/t21?,22-/m0/s1. The predicted molar refractivity (Wildman–Crippen MR) is 132 cm³/mol. The van der Waals surface area contributed by atoms with E-state index in [0.717, 1.165) is 5.56 Å². The first-order valence-corrected chi connectivity index (χ1v) is 11.5. The van der Waals surface area contributed by atoms with Crippen LogP contribution in [0.15, 0.2) is 60.7 Å². The summed E-state index contributed by atoms with van der Waals surface area (Å²) in [6.45, 7) is 9.22. The molecule has 0 spiro atoms. The van der Waals surface area contributed by atoms with Crippen LogP contribution in [0.3, 0.4) is 0 Å². The van der Waals surface area contributed by atoms with Gasteiger partial charge in [0.1, 0.15) is 12.1 Å². The van der Waals surface area contributed by atoms with E-state index < -0.39 is 35.2 Å². The van der Waals surface area contributed by atoms with E-state index in [-0.39, 0.29) is 18.2 Å². The van der Waals surface area contributed by atoms with Crippen LogP contribution in [-0.2, 0) is 20.8 Å². The first-order valence-electron chi connectivity index (χ1n) is 11.5. The van der Waals surface area contributed by atoms with Gasteiger partial charge in [-0.15, -0.1) is 0 Å². The van der Waals surface area contributed by atoms with Crippen LogP contribution >= 0.6 is 0 Å². The van der Waals surface area contributed by atoms with Crippen molar-refractivity contribution in [3.63, 3.8) is 0 Å². The molecule has 2 atom stereocenters. The smallest absolute Gasteiger partial charge is 0.290 e. The first-order chi connectivity index (χ1) is 16.0. The highest BCUT2D eigenvalue weighted by atomic mass is 16.2. The number of carbonyl (C=O) groups is 4. The molecule has 0 heterocycles. The second-order valence-corrected chi connectivity index (χ2v) is 9.84. The molecule has 0 aliphatic rings. The van der Waals surface area contributed by atoms with E-state index in [1.54, 1.807) is 51.1 Å². The lowest BCUT2D eigenvalue weighted by Gasteiger charge is -2.25. The van der Waals surface area contributed by atoms with Gasteiger partial charge in [-0.1, -0.05) is 62.4 Å². The van der Waals surface area contributed by atoms with Gasteiger partial charge in [-0.25, -0.2) is 0 Å². The lowest BCUT2D eigenvalue weighted by atomic mass is 9.98. The molecule has 1 unspecified atom stereocenters. The van der Waals surface area contributed by atoms with E-state index in [9.17, 15) is 19.2 Å². The summed E-state index contributed by atoms with van der Waals surface area (Å²) in [6, 6.07) is 15.9. The van der Waals surface area contributed by atoms with Gasteiger partial charge in [0, 0.05) is 17.5 Å². The van der Waals surface area contributed by atoms with E-state index in [2.05, 4.69) is 16.0 Å². The zero-order chi connectivity index (χ0) is 25.3. The fourth-order valence-corrected chi connectivity index (χ4v) is 3.43. The topological polar surface area (TPSA) is 104 Å². The Morgan fingerprint density at radius 1 is 0.794 bits per heavy atom. The summed E-state index contributed by atoms with van der Waals surface area (Å²) in [7, 11) is 0. The Bertz CT molecular complexity index is 982. The number of benzene rings is 2. The van der Waals surface area contributed by atoms with E-state index >= 15 is 0 Å². The van der Waals surface area contributed by atoms with E-state index in [4.69, 9.17) is 0 Å². The largest absolute Gasteiger partial charge is 0.345 e. The minimum absolute atomic E-state index is 0.110. The van der Waals surface area contributed by atoms with Crippen molar-refractivity contribution in [2.75, 3.05) is 0 Å². The van der Waals surface area contributed by atoms with Crippen molar-refractivity contribution in [3.05, 3.63) is 71.8 Å². The van der Waals surface area contributed by atoms with Crippen LogP contribution in [-0.4, -0.2) is 41.1 Å². The summed E-state index contributed by atoms with van der Waals surface area (Å²) in [5.41, 5.74) is 0.640. The normalized spacial score (nSPS) is 13.0. The maximum absolute atomic E-state index is 13.2. The van der Waals surface area contributed by atoms with Crippen LogP contribution in [0.5, 0.6) is 0 Å². The Morgan fingerprint density at radius 2 is 1.35 bits per heavy atom. The summed E-state index contributed by atoms with van der Waals surface area (Å²) in [5, 5.41) is 8.17. The maximum Gasteiger partial charge on any atom is 0.290 e. The average Bonchev–Trinajstić information content (AvgIpc) is 2.77. The van der Waals surface area contributed by atoms with Crippen LogP contribution in [0.1, 0.15) is 57.0 Å². The molecule has 34 heavy (non-hydrogen) atoms.